The highest BCUT2D eigenvalue weighted by Gasteiger charge is 2.30. The number of amides is 1. The van der Waals surface area contributed by atoms with E-state index in [1.807, 2.05) is 30.9 Å². The molecule has 1 aliphatic heterocycles. The van der Waals surface area contributed by atoms with Gasteiger partial charge in [0.15, 0.2) is 0 Å². The third-order valence-corrected chi connectivity index (χ3v) is 4.26. The van der Waals surface area contributed by atoms with Gasteiger partial charge in [-0.2, -0.15) is 0 Å². The predicted molar refractivity (Wildman–Crippen MR) is 67.8 cm³/mol. The van der Waals surface area contributed by atoms with Crippen molar-refractivity contribution in [3.63, 3.8) is 0 Å². The number of hydrogen-bond acceptors (Lipinski definition) is 2. The number of thioether (sulfide) groups is 1. The van der Waals surface area contributed by atoms with Crippen LogP contribution in [0.4, 0.5) is 0 Å². The molecular weight excluding hydrogens is 218 g/mol. The van der Waals surface area contributed by atoms with Crippen LogP contribution in [0.15, 0.2) is 29.2 Å². The molecule has 0 fully saturated rings. The Morgan fingerprint density at radius 2 is 2.06 bits per heavy atom. The molecule has 0 N–H and O–H groups in total. The van der Waals surface area contributed by atoms with Gasteiger partial charge < -0.3 is 4.90 Å². The van der Waals surface area contributed by atoms with Crippen LogP contribution in [-0.2, 0) is 4.79 Å². The minimum atomic E-state index is 0.0705. The SMILES string of the molecule is CCN(CC)C(=O)C1CSc2ccccc21. The van der Waals surface area contributed by atoms with Crippen LogP contribution in [0, 0.1) is 0 Å². The minimum Gasteiger partial charge on any atom is -0.343 e. The van der Waals surface area contributed by atoms with Crippen molar-refractivity contribution in [3.8, 4) is 0 Å². The molecule has 1 aromatic rings. The second kappa shape index (κ2) is 4.91. The second-order valence-corrected chi connectivity index (χ2v) is 4.97. The Hall–Kier alpha value is -0.960. The Balaban J connectivity index is 2.22. The van der Waals surface area contributed by atoms with Gasteiger partial charge in [0.2, 0.25) is 5.91 Å². The van der Waals surface area contributed by atoms with Crippen molar-refractivity contribution in [3.05, 3.63) is 29.8 Å². The molecule has 3 heteroatoms. The highest BCUT2D eigenvalue weighted by Crippen LogP contribution is 2.40. The second-order valence-electron chi connectivity index (χ2n) is 3.91. The molecule has 0 aliphatic carbocycles. The molecule has 0 radical (unpaired) electrons. The van der Waals surface area contributed by atoms with E-state index in [-0.39, 0.29) is 11.8 Å². The van der Waals surface area contributed by atoms with Crippen LogP contribution >= 0.6 is 11.8 Å². The van der Waals surface area contributed by atoms with Crippen molar-refractivity contribution in [1.82, 2.24) is 4.90 Å². The lowest BCUT2D eigenvalue weighted by Crippen LogP contribution is -2.34. The summed E-state index contributed by atoms with van der Waals surface area (Å²) in [6, 6.07) is 8.25. The van der Waals surface area contributed by atoms with Gasteiger partial charge in [0.25, 0.3) is 0 Å². The average Bonchev–Trinajstić information content (AvgIpc) is 2.74. The largest absolute Gasteiger partial charge is 0.343 e. The van der Waals surface area contributed by atoms with Crippen molar-refractivity contribution < 1.29 is 4.79 Å². The summed E-state index contributed by atoms with van der Waals surface area (Å²) in [7, 11) is 0. The molecule has 0 spiro atoms. The first-order valence-corrected chi connectivity index (χ1v) is 6.77. The van der Waals surface area contributed by atoms with E-state index in [4.69, 9.17) is 0 Å². The first kappa shape index (κ1) is 11.5. The summed E-state index contributed by atoms with van der Waals surface area (Å²) in [5.41, 5.74) is 1.21. The van der Waals surface area contributed by atoms with Crippen LogP contribution < -0.4 is 0 Å². The van der Waals surface area contributed by atoms with E-state index >= 15 is 0 Å². The normalized spacial score (nSPS) is 18.2. The molecule has 1 heterocycles. The molecule has 1 aliphatic rings. The zero-order valence-electron chi connectivity index (χ0n) is 9.77. The third kappa shape index (κ3) is 1.96. The van der Waals surface area contributed by atoms with Gasteiger partial charge in [0.1, 0.15) is 0 Å². The molecule has 1 amide bonds. The number of likely N-dealkylation sites (N-methyl/N-ethyl adjacent to an activating group) is 1. The van der Waals surface area contributed by atoms with E-state index in [1.165, 1.54) is 10.5 Å². The highest BCUT2D eigenvalue weighted by molar-refractivity contribution is 7.99. The van der Waals surface area contributed by atoms with Gasteiger partial charge in [-0.3, -0.25) is 4.79 Å². The lowest BCUT2D eigenvalue weighted by atomic mass is 10.00. The Morgan fingerprint density at radius 3 is 2.75 bits per heavy atom. The zero-order valence-corrected chi connectivity index (χ0v) is 10.6. The Morgan fingerprint density at radius 1 is 1.38 bits per heavy atom. The molecule has 0 bridgehead atoms. The van der Waals surface area contributed by atoms with Crippen LogP contribution in [0.5, 0.6) is 0 Å². The average molecular weight is 235 g/mol. The molecule has 0 saturated carbocycles. The van der Waals surface area contributed by atoms with Crippen LogP contribution in [0.3, 0.4) is 0 Å². The number of fused-ring (bicyclic) bond motifs is 1. The Labute approximate surface area is 101 Å². The van der Waals surface area contributed by atoms with Gasteiger partial charge in [0.05, 0.1) is 5.92 Å². The molecule has 0 saturated heterocycles. The highest BCUT2D eigenvalue weighted by atomic mass is 32.2. The first-order valence-electron chi connectivity index (χ1n) is 5.78. The number of rotatable bonds is 3. The molecule has 1 aromatic carbocycles. The summed E-state index contributed by atoms with van der Waals surface area (Å²) < 4.78 is 0. The smallest absolute Gasteiger partial charge is 0.230 e. The van der Waals surface area contributed by atoms with Crippen LogP contribution in [-0.4, -0.2) is 29.6 Å². The fourth-order valence-corrected chi connectivity index (χ4v) is 3.34. The van der Waals surface area contributed by atoms with E-state index in [0.717, 1.165) is 18.8 Å². The van der Waals surface area contributed by atoms with Crippen molar-refractivity contribution in [2.75, 3.05) is 18.8 Å². The van der Waals surface area contributed by atoms with Gasteiger partial charge in [-0.15, -0.1) is 11.8 Å². The van der Waals surface area contributed by atoms with Gasteiger partial charge in [-0.1, -0.05) is 18.2 Å². The lowest BCUT2D eigenvalue weighted by molar-refractivity contribution is -0.131. The summed E-state index contributed by atoms with van der Waals surface area (Å²) in [5, 5.41) is 0. The topological polar surface area (TPSA) is 20.3 Å². The van der Waals surface area contributed by atoms with Crippen molar-refractivity contribution >= 4 is 17.7 Å². The maximum atomic E-state index is 12.3. The molecule has 16 heavy (non-hydrogen) atoms. The van der Waals surface area contributed by atoms with Gasteiger partial charge in [-0.05, 0) is 25.5 Å². The van der Waals surface area contributed by atoms with E-state index in [2.05, 4.69) is 12.1 Å². The number of hydrogen-bond donors (Lipinski definition) is 0. The number of benzene rings is 1. The molecule has 86 valence electrons. The monoisotopic (exact) mass is 235 g/mol. The van der Waals surface area contributed by atoms with Gasteiger partial charge >= 0.3 is 0 Å². The summed E-state index contributed by atoms with van der Waals surface area (Å²) in [4.78, 5) is 15.5. The third-order valence-electron chi connectivity index (χ3n) is 3.07. The number of nitrogens with zero attached hydrogens (tertiary/aromatic N) is 1. The summed E-state index contributed by atoms with van der Waals surface area (Å²) >= 11 is 1.80. The standard InChI is InChI=1S/C13H17NOS/c1-3-14(4-2)13(15)11-9-16-12-8-6-5-7-10(11)12/h5-8,11H,3-4,9H2,1-2H3. The maximum Gasteiger partial charge on any atom is 0.230 e. The van der Waals surface area contributed by atoms with Gasteiger partial charge in [-0.25, -0.2) is 0 Å². The maximum absolute atomic E-state index is 12.3. The van der Waals surface area contributed by atoms with E-state index < -0.39 is 0 Å². The molecule has 2 nitrogen and oxygen atoms in total. The summed E-state index contributed by atoms with van der Waals surface area (Å²) in [5.74, 6) is 1.25. The van der Waals surface area contributed by atoms with E-state index in [1.54, 1.807) is 11.8 Å². The van der Waals surface area contributed by atoms with Crippen LogP contribution in [0.25, 0.3) is 0 Å². The molecule has 0 aromatic heterocycles. The first-order chi connectivity index (χ1) is 7.77. The fourth-order valence-electron chi connectivity index (χ4n) is 2.12. The minimum absolute atomic E-state index is 0.0705. The molecule has 1 unspecified atom stereocenters. The predicted octanol–water partition coefficient (Wildman–Crippen LogP) is 2.74. The molecule has 2 rings (SSSR count). The van der Waals surface area contributed by atoms with Crippen molar-refractivity contribution in [1.29, 1.82) is 0 Å². The van der Waals surface area contributed by atoms with Crippen molar-refractivity contribution in [2.45, 2.75) is 24.7 Å². The number of carbonyl (C=O) groups is 1. The van der Waals surface area contributed by atoms with E-state index in [9.17, 15) is 4.79 Å². The molecular formula is C13H17NOS. The van der Waals surface area contributed by atoms with Gasteiger partial charge in [0, 0.05) is 23.7 Å². The Kier molecular flexibility index (Phi) is 3.54. The molecule has 1 atom stereocenters. The number of carbonyl (C=O) groups excluding carboxylic acids is 1. The fraction of sp³-hybridized carbons (Fsp3) is 0.462. The zero-order chi connectivity index (χ0) is 11.5. The quantitative estimate of drug-likeness (QED) is 0.803. The lowest BCUT2D eigenvalue weighted by Gasteiger charge is -2.22. The Bertz CT molecular complexity index is 387. The van der Waals surface area contributed by atoms with Crippen molar-refractivity contribution in [2.24, 2.45) is 0 Å². The van der Waals surface area contributed by atoms with Crippen LogP contribution in [0.1, 0.15) is 25.3 Å². The van der Waals surface area contributed by atoms with E-state index in [0.29, 0.717) is 0 Å². The van der Waals surface area contributed by atoms with Crippen LogP contribution in [0.2, 0.25) is 0 Å². The summed E-state index contributed by atoms with van der Waals surface area (Å²) in [6.07, 6.45) is 0. The summed E-state index contributed by atoms with van der Waals surface area (Å²) in [6.45, 7) is 5.68.